The van der Waals surface area contributed by atoms with E-state index in [0.29, 0.717) is 35.8 Å². The summed E-state index contributed by atoms with van der Waals surface area (Å²) in [4.78, 5) is 29.7. The monoisotopic (exact) mass is 440 g/mol. The van der Waals surface area contributed by atoms with Gasteiger partial charge in [0.2, 0.25) is 0 Å². The third-order valence-corrected chi connectivity index (χ3v) is 5.24. The van der Waals surface area contributed by atoms with E-state index < -0.39 is 23.5 Å². The highest BCUT2D eigenvalue weighted by Gasteiger charge is 2.44. The molecule has 0 spiro atoms. The van der Waals surface area contributed by atoms with Gasteiger partial charge in [0.1, 0.15) is 5.76 Å². The second-order valence-corrected chi connectivity index (χ2v) is 7.62. The van der Waals surface area contributed by atoms with Crippen molar-refractivity contribution in [1.82, 2.24) is 9.80 Å². The van der Waals surface area contributed by atoms with Crippen LogP contribution in [0.2, 0.25) is 0 Å². The Bertz CT molecular complexity index is 1020. The number of ether oxygens (including phenoxy) is 2. The highest BCUT2D eigenvalue weighted by Crippen LogP contribution is 2.44. The number of carbonyl (C=O) groups excluding carboxylic acids is 2. The largest absolute Gasteiger partial charge is 0.503 e. The molecule has 0 aliphatic carbocycles. The summed E-state index contributed by atoms with van der Waals surface area (Å²) < 4.78 is 16.2. The summed E-state index contributed by atoms with van der Waals surface area (Å²) in [5, 5.41) is 10.7. The normalized spacial score (nSPS) is 16.5. The van der Waals surface area contributed by atoms with Crippen molar-refractivity contribution < 1.29 is 28.6 Å². The highest BCUT2D eigenvalue weighted by molar-refractivity contribution is 6.14. The Kier molecular flexibility index (Phi) is 7.37. The van der Waals surface area contributed by atoms with Gasteiger partial charge in [0, 0.05) is 12.1 Å². The average molecular weight is 440 g/mol. The fourth-order valence-electron chi connectivity index (χ4n) is 3.78. The predicted octanol–water partition coefficient (Wildman–Crippen LogP) is 3.23. The Morgan fingerprint density at radius 2 is 2.00 bits per heavy atom. The molecule has 0 saturated carbocycles. The molecular formula is C24H28N2O6. The van der Waals surface area contributed by atoms with E-state index in [4.69, 9.17) is 13.9 Å². The maximum absolute atomic E-state index is 13.2. The van der Waals surface area contributed by atoms with Crippen LogP contribution in [0.5, 0.6) is 11.5 Å². The van der Waals surface area contributed by atoms with E-state index >= 15 is 0 Å². The van der Waals surface area contributed by atoms with Gasteiger partial charge in [-0.2, -0.15) is 0 Å². The Hall–Kier alpha value is -3.52. The minimum atomic E-state index is -0.816. The van der Waals surface area contributed by atoms with Crippen molar-refractivity contribution >= 4 is 17.8 Å². The third kappa shape index (κ3) is 4.70. The van der Waals surface area contributed by atoms with Crippen LogP contribution in [0.25, 0.3) is 6.08 Å². The fourth-order valence-corrected chi connectivity index (χ4v) is 3.78. The number of carbonyl (C=O) groups is 2. The van der Waals surface area contributed by atoms with Gasteiger partial charge in [-0.25, -0.2) is 0 Å². The topological polar surface area (TPSA) is 92.5 Å². The van der Waals surface area contributed by atoms with Crippen molar-refractivity contribution in [2.24, 2.45) is 0 Å². The molecule has 1 amide bonds. The van der Waals surface area contributed by atoms with Crippen molar-refractivity contribution in [2.75, 3.05) is 41.4 Å². The number of rotatable bonds is 10. The number of allylic oxidation sites excluding steroid dienone is 1. The smallest absolute Gasteiger partial charge is 0.290 e. The maximum atomic E-state index is 13.2. The molecule has 170 valence electrons. The number of para-hydroxylation sites is 1. The quantitative estimate of drug-likeness (QED) is 0.567. The van der Waals surface area contributed by atoms with Crippen LogP contribution in [-0.2, 0) is 9.59 Å². The zero-order valence-corrected chi connectivity index (χ0v) is 18.7. The van der Waals surface area contributed by atoms with E-state index in [1.807, 2.05) is 19.0 Å². The Morgan fingerprint density at radius 3 is 2.62 bits per heavy atom. The number of amides is 1. The van der Waals surface area contributed by atoms with Gasteiger partial charge in [-0.05, 0) is 57.4 Å². The molecule has 8 heteroatoms. The van der Waals surface area contributed by atoms with Crippen molar-refractivity contribution in [3.8, 4) is 11.5 Å². The van der Waals surface area contributed by atoms with Gasteiger partial charge < -0.3 is 28.8 Å². The zero-order valence-electron chi connectivity index (χ0n) is 18.7. The molecule has 1 aromatic heterocycles. The lowest BCUT2D eigenvalue weighted by molar-refractivity contribution is -0.129. The lowest BCUT2D eigenvalue weighted by Crippen LogP contribution is -2.33. The Labute approximate surface area is 187 Å². The van der Waals surface area contributed by atoms with Gasteiger partial charge in [0.05, 0.1) is 32.1 Å². The number of hydrogen-bond acceptors (Lipinski definition) is 7. The van der Waals surface area contributed by atoms with Crippen LogP contribution in [0, 0.1) is 0 Å². The molecule has 1 N–H and O–H groups in total. The van der Waals surface area contributed by atoms with Crippen LogP contribution in [-0.4, -0.2) is 68.0 Å². The van der Waals surface area contributed by atoms with Crippen molar-refractivity contribution in [1.29, 1.82) is 0 Å². The summed E-state index contributed by atoms with van der Waals surface area (Å²) >= 11 is 0. The molecular weight excluding hydrogens is 412 g/mol. The third-order valence-electron chi connectivity index (χ3n) is 5.24. The summed E-state index contributed by atoms with van der Waals surface area (Å²) in [6.45, 7) is 1.10. The molecule has 0 fully saturated rings. The second-order valence-electron chi connectivity index (χ2n) is 7.62. The lowest BCUT2D eigenvalue weighted by Gasteiger charge is -2.28. The van der Waals surface area contributed by atoms with Crippen molar-refractivity contribution in [3.63, 3.8) is 0 Å². The first-order valence-corrected chi connectivity index (χ1v) is 10.2. The first-order chi connectivity index (χ1) is 15.4. The van der Waals surface area contributed by atoms with Gasteiger partial charge in [-0.15, -0.1) is 0 Å². The van der Waals surface area contributed by atoms with Gasteiger partial charge in [0.25, 0.3) is 5.91 Å². The van der Waals surface area contributed by atoms with Crippen LogP contribution < -0.4 is 9.47 Å². The zero-order chi connectivity index (χ0) is 23.3. The van der Waals surface area contributed by atoms with Gasteiger partial charge >= 0.3 is 0 Å². The molecule has 2 heterocycles. The van der Waals surface area contributed by atoms with E-state index in [9.17, 15) is 14.7 Å². The molecule has 0 bridgehead atoms. The lowest BCUT2D eigenvalue weighted by atomic mass is 9.94. The first kappa shape index (κ1) is 23.1. The molecule has 1 aliphatic rings. The Balaban J connectivity index is 2.05. The van der Waals surface area contributed by atoms with Crippen LogP contribution in [0.3, 0.4) is 0 Å². The molecule has 8 nitrogen and oxygen atoms in total. The number of aliphatic hydroxyl groups is 1. The molecule has 1 aliphatic heterocycles. The van der Waals surface area contributed by atoms with E-state index in [0.717, 1.165) is 6.54 Å². The van der Waals surface area contributed by atoms with E-state index in [1.165, 1.54) is 37.5 Å². The summed E-state index contributed by atoms with van der Waals surface area (Å²) in [7, 11) is 6.90. The standard InChI is InChI=1S/C24H28N2O6/c1-25(2)13-7-14-26-21(17-9-5-10-19(30-3)23(17)31-4)20(22(28)24(26)29)18(27)12-11-16-8-6-15-32-16/h5-6,8-12,15,21,28H,7,13-14H2,1-4H3. The van der Waals surface area contributed by atoms with Gasteiger partial charge in [-0.3, -0.25) is 9.59 Å². The number of hydrogen-bond donors (Lipinski definition) is 1. The summed E-state index contributed by atoms with van der Waals surface area (Å²) in [5.41, 5.74) is 0.554. The van der Waals surface area contributed by atoms with Crippen molar-refractivity contribution in [3.05, 3.63) is 65.3 Å². The number of aliphatic hydroxyl groups excluding tert-OH is 1. The van der Waals surface area contributed by atoms with Crippen LogP contribution >= 0.6 is 0 Å². The van der Waals surface area contributed by atoms with E-state index in [-0.39, 0.29) is 5.57 Å². The van der Waals surface area contributed by atoms with E-state index in [2.05, 4.69) is 0 Å². The minimum absolute atomic E-state index is 0.00536. The van der Waals surface area contributed by atoms with E-state index in [1.54, 1.807) is 30.3 Å². The molecule has 2 aromatic rings. The molecule has 3 rings (SSSR count). The second kappa shape index (κ2) is 10.2. The average Bonchev–Trinajstić information content (AvgIpc) is 3.38. The number of nitrogens with zero attached hydrogens (tertiary/aromatic N) is 2. The van der Waals surface area contributed by atoms with Crippen molar-refractivity contribution in [2.45, 2.75) is 12.5 Å². The summed E-state index contributed by atoms with van der Waals surface area (Å²) in [6.07, 6.45) is 4.96. The van der Waals surface area contributed by atoms with Crippen LogP contribution in [0.1, 0.15) is 23.8 Å². The molecule has 0 radical (unpaired) electrons. The molecule has 0 saturated heterocycles. The van der Waals surface area contributed by atoms with Gasteiger partial charge in [-0.1, -0.05) is 12.1 Å². The fraction of sp³-hybridized carbons (Fsp3) is 0.333. The minimum Gasteiger partial charge on any atom is -0.503 e. The van der Waals surface area contributed by atoms with Crippen LogP contribution in [0.15, 0.2) is 58.4 Å². The number of benzene rings is 1. The summed E-state index contributed by atoms with van der Waals surface area (Å²) in [6, 6.07) is 7.85. The SMILES string of the molecule is COc1cccc(C2C(C(=O)C=Cc3ccco3)=C(O)C(=O)N2CCCN(C)C)c1OC. The number of ketones is 1. The molecule has 1 atom stereocenters. The first-order valence-electron chi connectivity index (χ1n) is 10.2. The maximum Gasteiger partial charge on any atom is 0.290 e. The summed E-state index contributed by atoms with van der Waals surface area (Å²) in [5.74, 6) is -0.277. The number of methoxy groups -OCH3 is 2. The molecule has 1 unspecified atom stereocenters. The predicted molar refractivity (Wildman–Crippen MR) is 120 cm³/mol. The highest BCUT2D eigenvalue weighted by atomic mass is 16.5. The Morgan fingerprint density at radius 1 is 1.22 bits per heavy atom. The number of furan rings is 1. The van der Waals surface area contributed by atoms with Crippen LogP contribution in [0.4, 0.5) is 0 Å². The molecule has 32 heavy (non-hydrogen) atoms. The van der Waals surface area contributed by atoms with Gasteiger partial charge in [0.15, 0.2) is 23.0 Å². The molecule has 1 aromatic carbocycles.